The molecule has 0 bridgehead atoms. The average molecular weight is 356 g/mol. The molecule has 0 aromatic carbocycles. The predicted octanol–water partition coefficient (Wildman–Crippen LogP) is 2.77. The lowest BCUT2D eigenvalue weighted by Gasteiger charge is -2.35. The van der Waals surface area contributed by atoms with Gasteiger partial charge in [0.25, 0.3) is 5.56 Å². The molecule has 1 saturated heterocycles. The van der Waals surface area contributed by atoms with Gasteiger partial charge in [0.15, 0.2) is 0 Å². The third-order valence-electron chi connectivity index (χ3n) is 4.76. The van der Waals surface area contributed by atoms with E-state index in [2.05, 4.69) is 16.0 Å². The van der Waals surface area contributed by atoms with Gasteiger partial charge in [0.2, 0.25) is 11.7 Å². The van der Waals surface area contributed by atoms with E-state index in [4.69, 9.17) is 0 Å². The number of amides is 1. The molecule has 4 heterocycles. The van der Waals surface area contributed by atoms with E-state index in [0.717, 1.165) is 37.9 Å². The van der Waals surface area contributed by atoms with E-state index >= 15 is 0 Å². The first-order valence-electron chi connectivity index (χ1n) is 8.60. The van der Waals surface area contributed by atoms with Gasteiger partial charge in [0.05, 0.1) is 6.04 Å². The third-order valence-corrected chi connectivity index (χ3v) is 5.70. The molecule has 3 aromatic heterocycles. The van der Waals surface area contributed by atoms with Crippen molar-refractivity contribution in [3.63, 3.8) is 0 Å². The molecule has 4 rings (SSSR count). The smallest absolute Gasteiger partial charge is 0.259 e. The minimum Gasteiger partial charge on any atom is -0.334 e. The van der Waals surface area contributed by atoms with E-state index in [0.29, 0.717) is 12.2 Å². The molecule has 130 valence electrons. The molecule has 1 atom stereocenters. The lowest BCUT2D eigenvalue weighted by atomic mass is 9.98. The van der Waals surface area contributed by atoms with Crippen molar-refractivity contribution in [1.29, 1.82) is 0 Å². The van der Waals surface area contributed by atoms with Crippen molar-refractivity contribution in [3.05, 3.63) is 56.9 Å². The van der Waals surface area contributed by atoms with Gasteiger partial charge in [-0.1, -0.05) is 6.07 Å². The Morgan fingerprint density at radius 1 is 1.40 bits per heavy atom. The zero-order chi connectivity index (χ0) is 17.2. The van der Waals surface area contributed by atoms with Crippen molar-refractivity contribution in [2.24, 2.45) is 0 Å². The normalized spacial score (nSPS) is 17.9. The highest BCUT2D eigenvalue weighted by atomic mass is 32.1. The maximum atomic E-state index is 12.8. The highest BCUT2D eigenvalue weighted by Crippen LogP contribution is 2.30. The van der Waals surface area contributed by atoms with Crippen LogP contribution in [0.5, 0.6) is 0 Å². The number of nitrogens with zero attached hydrogens (tertiary/aromatic N) is 3. The Labute approximate surface area is 149 Å². The number of fused-ring (bicyclic) bond motifs is 1. The van der Waals surface area contributed by atoms with Crippen LogP contribution in [-0.2, 0) is 11.2 Å². The van der Waals surface area contributed by atoms with Crippen molar-refractivity contribution >= 4 is 23.0 Å². The minimum absolute atomic E-state index is 0.0704. The molecule has 1 amide bonds. The fraction of sp³-hybridized carbons (Fsp3) is 0.389. The number of aromatic amines is 1. The monoisotopic (exact) mass is 356 g/mol. The Kier molecular flexibility index (Phi) is 4.40. The SMILES string of the molecule is O=C(CCc1cccs1)N1CCCCC1c1cc(=O)n2ccnc2[nH]1. The summed E-state index contributed by atoms with van der Waals surface area (Å²) in [5, 5.41) is 2.04. The topological polar surface area (TPSA) is 70.5 Å². The first kappa shape index (κ1) is 16.1. The van der Waals surface area contributed by atoms with Crippen LogP contribution < -0.4 is 5.56 Å². The Morgan fingerprint density at radius 3 is 3.16 bits per heavy atom. The maximum absolute atomic E-state index is 12.8. The summed E-state index contributed by atoms with van der Waals surface area (Å²) in [4.78, 5) is 35.6. The molecule has 3 aromatic rings. The van der Waals surface area contributed by atoms with Gasteiger partial charge in [0.1, 0.15) is 0 Å². The van der Waals surface area contributed by atoms with Crippen LogP contribution in [0.4, 0.5) is 0 Å². The molecule has 6 nitrogen and oxygen atoms in total. The summed E-state index contributed by atoms with van der Waals surface area (Å²) in [7, 11) is 0. The molecule has 7 heteroatoms. The molecular formula is C18H20N4O2S. The molecule has 1 N–H and O–H groups in total. The van der Waals surface area contributed by atoms with Crippen LogP contribution in [-0.4, -0.2) is 31.7 Å². The summed E-state index contributed by atoms with van der Waals surface area (Å²) >= 11 is 1.68. The molecular weight excluding hydrogens is 336 g/mol. The van der Waals surface area contributed by atoms with E-state index in [1.807, 2.05) is 16.3 Å². The van der Waals surface area contributed by atoms with Crippen LogP contribution in [0.1, 0.15) is 42.3 Å². The number of aromatic nitrogens is 3. The summed E-state index contributed by atoms with van der Waals surface area (Å²) in [6.07, 6.45) is 7.46. The molecule has 1 aliphatic rings. The number of piperidine rings is 1. The zero-order valence-corrected chi connectivity index (χ0v) is 14.7. The van der Waals surface area contributed by atoms with Crippen molar-refractivity contribution in [2.45, 2.75) is 38.1 Å². The van der Waals surface area contributed by atoms with Gasteiger partial charge in [-0.05, 0) is 37.1 Å². The zero-order valence-electron chi connectivity index (χ0n) is 13.9. The van der Waals surface area contributed by atoms with E-state index in [1.165, 1.54) is 9.28 Å². The minimum atomic E-state index is -0.113. The molecule has 1 aliphatic heterocycles. The quantitative estimate of drug-likeness (QED) is 0.781. The maximum Gasteiger partial charge on any atom is 0.259 e. The lowest BCUT2D eigenvalue weighted by Crippen LogP contribution is -2.39. The van der Waals surface area contributed by atoms with Crippen LogP contribution in [0.15, 0.2) is 40.8 Å². The van der Waals surface area contributed by atoms with Gasteiger partial charge in [-0.25, -0.2) is 4.98 Å². The van der Waals surface area contributed by atoms with Gasteiger partial charge >= 0.3 is 0 Å². The molecule has 0 aliphatic carbocycles. The summed E-state index contributed by atoms with van der Waals surface area (Å²) in [6.45, 7) is 0.746. The Balaban J connectivity index is 1.57. The number of hydrogen-bond acceptors (Lipinski definition) is 4. The summed E-state index contributed by atoms with van der Waals surface area (Å²) < 4.78 is 1.48. The first-order valence-corrected chi connectivity index (χ1v) is 9.48. The Bertz CT molecular complexity index is 928. The first-order chi connectivity index (χ1) is 12.2. The number of hydrogen-bond donors (Lipinski definition) is 1. The standard InChI is InChI=1S/C18H20N4O2S/c23-16(7-6-13-4-3-11-25-13)21-9-2-1-5-15(21)14-12-17(24)22-10-8-19-18(22)20-14/h3-4,8,10-12,15H,1-2,5-7,9H2,(H,19,20). The molecule has 1 fully saturated rings. The number of carbonyl (C=O) groups excluding carboxylic acids is 1. The van der Waals surface area contributed by atoms with Gasteiger partial charge in [-0.3, -0.25) is 14.0 Å². The van der Waals surface area contributed by atoms with Crippen LogP contribution >= 0.6 is 11.3 Å². The van der Waals surface area contributed by atoms with Crippen molar-refractivity contribution in [2.75, 3.05) is 6.54 Å². The predicted molar refractivity (Wildman–Crippen MR) is 96.8 cm³/mol. The van der Waals surface area contributed by atoms with Gasteiger partial charge in [-0.15, -0.1) is 11.3 Å². The fourth-order valence-electron chi connectivity index (χ4n) is 3.50. The van der Waals surface area contributed by atoms with Crippen molar-refractivity contribution < 1.29 is 4.79 Å². The summed E-state index contributed by atoms with van der Waals surface area (Å²) in [5.41, 5.74) is 0.672. The largest absolute Gasteiger partial charge is 0.334 e. The van der Waals surface area contributed by atoms with Gasteiger partial charge in [0, 0.05) is 42.0 Å². The second-order valence-corrected chi connectivity index (χ2v) is 7.39. The number of likely N-dealkylation sites (tertiary alicyclic amines) is 1. The molecule has 25 heavy (non-hydrogen) atoms. The van der Waals surface area contributed by atoms with Crippen LogP contribution in [0.3, 0.4) is 0 Å². The van der Waals surface area contributed by atoms with Crippen LogP contribution in [0, 0.1) is 0 Å². The van der Waals surface area contributed by atoms with Crippen LogP contribution in [0.2, 0.25) is 0 Å². The summed E-state index contributed by atoms with van der Waals surface area (Å²) in [5.74, 6) is 0.682. The molecule has 0 spiro atoms. The summed E-state index contributed by atoms with van der Waals surface area (Å²) in [6, 6.07) is 5.61. The highest BCUT2D eigenvalue weighted by molar-refractivity contribution is 7.09. The second kappa shape index (κ2) is 6.84. The van der Waals surface area contributed by atoms with Gasteiger partial charge in [-0.2, -0.15) is 0 Å². The number of imidazole rings is 1. The lowest BCUT2D eigenvalue weighted by molar-refractivity contribution is -0.135. The van der Waals surface area contributed by atoms with E-state index < -0.39 is 0 Å². The van der Waals surface area contributed by atoms with Crippen molar-refractivity contribution in [1.82, 2.24) is 19.3 Å². The third kappa shape index (κ3) is 3.24. The second-order valence-electron chi connectivity index (χ2n) is 6.36. The number of rotatable bonds is 4. The van der Waals surface area contributed by atoms with Gasteiger partial charge < -0.3 is 9.88 Å². The average Bonchev–Trinajstić information content (AvgIpc) is 3.31. The number of H-pyrrole nitrogens is 1. The van der Waals surface area contributed by atoms with E-state index in [-0.39, 0.29) is 17.5 Å². The van der Waals surface area contributed by atoms with E-state index in [9.17, 15) is 9.59 Å². The number of nitrogens with one attached hydrogen (secondary N) is 1. The number of aryl methyl sites for hydroxylation is 1. The Morgan fingerprint density at radius 2 is 2.32 bits per heavy atom. The van der Waals surface area contributed by atoms with Crippen molar-refractivity contribution in [3.8, 4) is 0 Å². The molecule has 0 saturated carbocycles. The number of thiophene rings is 1. The highest BCUT2D eigenvalue weighted by Gasteiger charge is 2.28. The molecule has 0 radical (unpaired) electrons. The Hall–Kier alpha value is -2.41. The molecule has 1 unspecified atom stereocenters. The number of carbonyl (C=O) groups is 1. The van der Waals surface area contributed by atoms with E-state index in [1.54, 1.807) is 29.8 Å². The fourth-order valence-corrected chi connectivity index (χ4v) is 4.21. The van der Waals surface area contributed by atoms with Crippen LogP contribution in [0.25, 0.3) is 5.78 Å².